The predicted molar refractivity (Wildman–Crippen MR) is 74.6 cm³/mol. The van der Waals surface area contributed by atoms with E-state index in [4.69, 9.17) is 4.52 Å². The molecule has 0 aliphatic carbocycles. The van der Waals surface area contributed by atoms with Crippen molar-refractivity contribution in [3.05, 3.63) is 17.5 Å². The van der Waals surface area contributed by atoms with Gasteiger partial charge in [-0.2, -0.15) is 0 Å². The van der Waals surface area contributed by atoms with Crippen molar-refractivity contribution in [3.8, 4) is 0 Å². The van der Waals surface area contributed by atoms with Crippen molar-refractivity contribution in [3.63, 3.8) is 0 Å². The summed E-state index contributed by atoms with van der Waals surface area (Å²) in [5, 5.41) is 3.83. The Morgan fingerprint density at radius 2 is 2.06 bits per heavy atom. The molecule has 0 atom stereocenters. The highest BCUT2D eigenvalue weighted by molar-refractivity contribution is 5.02. The van der Waals surface area contributed by atoms with Crippen LogP contribution in [0, 0.1) is 6.92 Å². The molecule has 4 nitrogen and oxygen atoms in total. The average molecular weight is 253 g/mol. The highest BCUT2D eigenvalue weighted by Crippen LogP contribution is 2.05. The van der Waals surface area contributed by atoms with E-state index in [2.05, 4.69) is 36.0 Å². The average Bonchev–Trinajstić information content (AvgIpc) is 2.92. The molecule has 0 aromatic carbocycles. The zero-order valence-corrected chi connectivity index (χ0v) is 12.3. The van der Waals surface area contributed by atoms with Gasteiger partial charge < -0.3 is 9.42 Å². The third kappa shape index (κ3) is 6.17. The van der Waals surface area contributed by atoms with Crippen LogP contribution >= 0.6 is 0 Å². The first-order valence-electron chi connectivity index (χ1n) is 6.91. The van der Waals surface area contributed by atoms with Crippen molar-refractivity contribution >= 4 is 0 Å². The monoisotopic (exact) mass is 253 g/mol. The van der Waals surface area contributed by atoms with E-state index in [-0.39, 0.29) is 0 Å². The van der Waals surface area contributed by atoms with Crippen molar-refractivity contribution in [1.82, 2.24) is 15.0 Å². The molecule has 1 aromatic heterocycles. The summed E-state index contributed by atoms with van der Waals surface area (Å²) >= 11 is 0. The molecule has 104 valence electrons. The topological polar surface area (TPSA) is 32.5 Å². The van der Waals surface area contributed by atoms with Crippen LogP contribution in [0.5, 0.6) is 0 Å². The Labute approximate surface area is 111 Å². The maximum atomic E-state index is 5.09. The second kappa shape index (κ2) is 8.27. The first-order chi connectivity index (χ1) is 8.61. The molecular weight excluding hydrogens is 226 g/mol. The van der Waals surface area contributed by atoms with Gasteiger partial charge in [0.2, 0.25) is 0 Å². The molecule has 2 rings (SSSR count). The Balaban J connectivity index is 0.000000225. The van der Waals surface area contributed by atoms with Gasteiger partial charge in [-0.3, -0.25) is 4.90 Å². The molecule has 0 spiro atoms. The minimum Gasteiger partial charge on any atom is -0.360 e. The molecule has 0 saturated carbocycles. The minimum absolute atomic E-state index is 0.856. The van der Waals surface area contributed by atoms with E-state index >= 15 is 0 Å². The fourth-order valence-corrected chi connectivity index (χ4v) is 2.09. The van der Waals surface area contributed by atoms with Crippen molar-refractivity contribution in [2.75, 3.05) is 33.7 Å². The van der Waals surface area contributed by atoms with E-state index in [1.807, 2.05) is 13.0 Å². The van der Waals surface area contributed by atoms with Gasteiger partial charge in [0.15, 0.2) is 5.76 Å². The van der Waals surface area contributed by atoms with Crippen LogP contribution in [0.15, 0.2) is 10.6 Å². The third-order valence-electron chi connectivity index (χ3n) is 3.04. The van der Waals surface area contributed by atoms with E-state index in [1.54, 1.807) is 0 Å². The lowest BCUT2D eigenvalue weighted by molar-refractivity contribution is 0.272. The lowest BCUT2D eigenvalue weighted by Crippen LogP contribution is -2.17. The van der Waals surface area contributed by atoms with Crippen molar-refractivity contribution in [1.29, 1.82) is 0 Å². The molecule has 1 fully saturated rings. The Morgan fingerprint density at radius 1 is 1.39 bits per heavy atom. The number of nitrogens with zero attached hydrogens (tertiary/aromatic N) is 3. The van der Waals surface area contributed by atoms with E-state index < -0.39 is 0 Å². The summed E-state index contributed by atoms with van der Waals surface area (Å²) in [6.07, 6.45) is 4.00. The van der Waals surface area contributed by atoms with Crippen LogP contribution in [0.3, 0.4) is 0 Å². The first kappa shape index (κ1) is 15.2. The highest BCUT2D eigenvalue weighted by atomic mass is 16.5. The number of likely N-dealkylation sites (tertiary alicyclic amines) is 1. The van der Waals surface area contributed by atoms with Crippen LogP contribution < -0.4 is 0 Å². The molecule has 0 unspecified atom stereocenters. The zero-order chi connectivity index (χ0) is 13.4. The first-order valence-corrected chi connectivity index (χ1v) is 6.91. The van der Waals surface area contributed by atoms with Crippen LogP contribution in [-0.4, -0.2) is 48.7 Å². The number of rotatable bonds is 4. The van der Waals surface area contributed by atoms with Gasteiger partial charge in [0, 0.05) is 6.07 Å². The SMILES string of the molecule is CCCN(C)Cc1cc(C)no1.CN1CCCC1. The van der Waals surface area contributed by atoms with Gasteiger partial charge in [-0.05, 0) is 59.9 Å². The molecule has 2 heterocycles. The second-order valence-electron chi connectivity index (χ2n) is 5.18. The molecule has 0 amide bonds. The van der Waals surface area contributed by atoms with Crippen molar-refractivity contribution in [2.24, 2.45) is 0 Å². The molecule has 1 aromatic rings. The van der Waals surface area contributed by atoms with Gasteiger partial charge in [0.1, 0.15) is 0 Å². The largest absolute Gasteiger partial charge is 0.360 e. The van der Waals surface area contributed by atoms with Gasteiger partial charge in [-0.1, -0.05) is 12.1 Å². The second-order valence-corrected chi connectivity index (χ2v) is 5.18. The minimum atomic E-state index is 0.856. The van der Waals surface area contributed by atoms with Gasteiger partial charge in [0.25, 0.3) is 0 Å². The Bertz CT molecular complexity index is 319. The van der Waals surface area contributed by atoms with E-state index in [0.29, 0.717) is 0 Å². The summed E-state index contributed by atoms with van der Waals surface area (Å²) < 4.78 is 5.09. The quantitative estimate of drug-likeness (QED) is 0.825. The Morgan fingerprint density at radius 3 is 2.44 bits per heavy atom. The van der Waals surface area contributed by atoms with Crippen LogP contribution in [-0.2, 0) is 6.54 Å². The fraction of sp³-hybridized carbons (Fsp3) is 0.786. The van der Waals surface area contributed by atoms with E-state index in [0.717, 1.165) is 24.5 Å². The van der Waals surface area contributed by atoms with Crippen LogP contribution in [0.2, 0.25) is 0 Å². The summed E-state index contributed by atoms with van der Waals surface area (Å²) in [4.78, 5) is 4.58. The van der Waals surface area contributed by atoms with Crippen LogP contribution in [0.25, 0.3) is 0 Å². The molecule has 1 saturated heterocycles. The number of aryl methyl sites for hydroxylation is 1. The van der Waals surface area contributed by atoms with E-state index in [9.17, 15) is 0 Å². The molecular formula is C14H27N3O. The van der Waals surface area contributed by atoms with Crippen molar-refractivity contribution in [2.45, 2.75) is 39.7 Å². The summed E-state index contributed by atoms with van der Waals surface area (Å²) in [6, 6.07) is 1.98. The predicted octanol–water partition coefficient (Wildman–Crippen LogP) is 2.54. The summed E-state index contributed by atoms with van der Waals surface area (Å²) in [7, 11) is 4.26. The molecule has 1 aliphatic rings. The molecule has 4 heteroatoms. The van der Waals surface area contributed by atoms with Crippen molar-refractivity contribution < 1.29 is 4.52 Å². The lowest BCUT2D eigenvalue weighted by Gasteiger charge is -2.12. The standard InChI is InChI=1S/C9H16N2O.C5H11N/c1-4-5-11(3)7-9-6-8(2)10-12-9;1-6-4-2-3-5-6/h6H,4-5,7H2,1-3H3;2-5H2,1H3. The number of hydrogen-bond acceptors (Lipinski definition) is 4. The molecule has 18 heavy (non-hydrogen) atoms. The third-order valence-corrected chi connectivity index (χ3v) is 3.04. The normalized spacial score (nSPS) is 15.8. The molecule has 0 radical (unpaired) electrons. The maximum absolute atomic E-state index is 5.09. The maximum Gasteiger partial charge on any atom is 0.150 e. The molecule has 0 N–H and O–H groups in total. The highest BCUT2D eigenvalue weighted by Gasteiger charge is 2.04. The van der Waals surface area contributed by atoms with Crippen LogP contribution in [0.1, 0.15) is 37.6 Å². The summed E-state index contributed by atoms with van der Waals surface area (Å²) in [5.41, 5.74) is 0.954. The Hall–Kier alpha value is -0.870. The summed E-state index contributed by atoms with van der Waals surface area (Å²) in [6.45, 7) is 8.70. The summed E-state index contributed by atoms with van der Waals surface area (Å²) in [5.74, 6) is 0.948. The molecule has 0 bridgehead atoms. The molecule has 1 aliphatic heterocycles. The number of aromatic nitrogens is 1. The zero-order valence-electron chi connectivity index (χ0n) is 12.3. The fourth-order valence-electron chi connectivity index (χ4n) is 2.09. The van der Waals surface area contributed by atoms with E-state index in [1.165, 1.54) is 32.4 Å². The van der Waals surface area contributed by atoms with Gasteiger partial charge in [0.05, 0.1) is 12.2 Å². The Kier molecular flexibility index (Phi) is 6.98. The number of hydrogen-bond donors (Lipinski definition) is 0. The lowest BCUT2D eigenvalue weighted by atomic mass is 10.3. The van der Waals surface area contributed by atoms with Gasteiger partial charge >= 0.3 is 0 Å². The smallest absolute Gasteiger partial charge is 0.150 e. The van der Waals surface area contributed by atoms with Gasteiger partial charge in [-0.25, -0.2) is 0 Å². The van der Waals surface area contributed by atoms with Crippen LogP contribution in [0.4, 0.5) is 0 Å². The van der Waals surface area contributed by atoms with Gasteiger partial charge in [-0.15, -0.1) is 0 Å².